The average molecular weight is 182 g/mol. The van der Waals surface area contributed by atoms with Crippen molar-refractivity contribution < 1.29 is 9.84 Å². The fourth-order valence-electron chi connectivity index (χ4n) is 1.13. The van der Waals surface area contributed by atoms with Crippen LogP contribution in [0.3, 0.4) is 0 Å². The molecular weight excluding hydrogens is 168 g/mol. The summed E-state index contributed by atoms with van der Waals surface area (Å²) in [5.41, 5.74) is 11.7. The lowest BCUT2D eigenvalue weighted by Crippen LogP contribution is -2.20. The molecule has 5 N–H and O–H groups in total. The number of phenols is 1. The Morgan fingerprint density at radius 3 is 2.77 bits per heavy atom. The summed E-state index contributed by atoms with van der Waals surface area (Å²) in [6.45, 7) is 0.292. The molecule has 0 spiro atoms. The molecule has 0 aliphatic carbocycles. The van der Waals surface area contributed by atoms with Gasteiger partial charge in [-0.1, -0.05) is 12.1 Å². The largest absolute Gasteiger partial charge is 0.504 e. The normalized spacial score (nSPS) is 12.5. The van der Waals surface area contributed by atoms with Crippen LogP contribution < -0.4 is 16.2 Å². The van der Waals surface area contributed by atoms with Crippen molar-refractivity contribution in [3.63, 3.8) is 0 Å². The standard InChI is InChI=1S/C9H14N2O2/c1-13-8-4-2-3-6(9(8)12)7(11)5-10/h2-4,7,12H,5,10-11H2,1H3/t7-/m1/s1. The fraction of sp³-hybridized carbons (Fsp3) is 0.333. The molecule has 0 fully saturated rings. The van der Waals surface area contributed by atoms with Gasteiger partial charge in [-0.3, -0.25) is 0 Å². The summed E-state index contributed by atoms with van der Waals surface area (Å²) in [6.07, 6.45) is 0. The molecule has 0 saturated carbocycles. The van der Waals surface area contributed by atoms with Crippen LogP contribution in [0.25, 0.3) is 0 Å². The van der Waals surface area contributed by atoms with Crippen LogP contribution in [0.2, 0.25) is 0 Å². The number of aromatic hydroxyl groups is 1. The van der Waals surface area contributed by atoms with Crippen molar-refractivity contribution in [2.24, 2.45) is 11.5 Å². The molecular formula is C9H14N2O2. The Morgan fingerprint density at radius 1 is 1.54 bits per heavy atom. The Labute approximate surface area is 77.1 Å². The molecule has 1 rings (SSSR count). The van der Waals surface area contributed by atoms with Gasteiger partial charge in [-0.15, -0.1) is 0 Å². The van der Waals surface area contributed by atoms with Gasteiger partial charge in [0, 0.05) is 18.2 Å². The number of phenolic OH excluding ortho intramolecular Hbond substituents is 1. The lowest BCUT2D eigenvalue weighted by atomic mass is 10.1. The second-order valence-electron chi connectivity index (χ2n) is 2.74. The molecule has 4 heteroatoms. The predicted molar refractivity (Wildman–Crippen MR) is 50.6 cm³/mol. The fourth-order valence-corrected chi connectivity index (χ4v) is 1.13. The van der Waals surface area contributed by atoms with Crippen LogP contribution in [0.4, 0.5) is 0 Å². The van der Waals surface area contributed by atoms with E-state index in [2.05, 4.69) is 0 Å². The van der Waals surface area contributed by atoms with E-state index < -0.39 is 0 Å². The van der Waals surface area contributed by atoms with Gasteiger partial charge in [-0.05, 0) is 6.07 Å². The Balaban J connectivity index is 3.08. The number of nitrogens with two attached hydrogens (primary N) is 2. The van der Waals surface area contributed by atoms with Crippen LogP contribution in [-0.4, -0.2) is 18.8 Å². The number of benzene rings is 1. The Morgan fingerprint density at radius 2 is 2.23 bits per heavy atom. The topological polar surface area (TPSA) is 81.5 Å². The van der Waals surface area contributed by atoms with E-state index in [1.165, 1.54) is 7.11 Å². The third kappa shape index (κ3) is 1.91. The van der Waals surface area contributed by atoms with Crippen molar-refractivity contribution in [3.05, 3.63) is 23.8 Å². The number of methoxy groups -OCH3 is 1. The van der Waals surface area contributed by atoms with E-state index in [4.69, 9.17) is 16.2 Å². The quantitative estimate of drug-likeness (QED) is 0.630. The third-order valence-electron chi connectivity index (χ3n) is 1.90. The smallest absolute Gasteiger partial charge is 0.162 e. The minimum absolute atomic E-state index is 0.0722. The highest BCUT2D eigenvalue weighted by Crippen LogP contribution is 2.31. The highest BCUT2D eigenvalue weighted by atomic mass is 16.5. The second-order valence-corrected chi connectivity index (χ2v) is 2.74. The van der Waals surface area contributed by atoms with Gasteiger partial charge in [0.25, 0.3) is 0 Å². The zero-order chi connectivity index (χ0) is 9.84. The summed E-state index contributed by atoms with van der Waals surface area (Å²) >= 11 is 0. The molecule has 1 atom stereocenters. The van der Waals surface area contributed by atoms with Crippen molar-refractivity contribution in [1.29, 1.82) is 0 Å². The lowest BCUT2D eigenvalue weighted by molar-refractivity contribution is 0.368. The SMILES string of the molecule is COc1cccc([C@H](N)CN)c1O. The first-order valence-electron chi connectivity index (χ1n) is 4.02. The number of ether oxygens (including phenoxy) is 1. The van der Waals surface area contributed by atoms with E-state index in [1.807, 2.05) is 0 Å². The number of hydrogen-bond donors (Lipinski definition) is 3. The van der Waals surface area contributed by atoms with E-state index in [0.717, 1.165) is 0 Å². The van der Waals surface area contributed by atoms with Gasteiger partial charge in [0.1, 0.15) is 0 Å². The van der Waals surface area contributed by atoms with Gasteiger partial charge in [-0.2, -0.15) is 0 Å². The molecule has 0 saturated heterocycles. The van der Waals surface area contributed by atoms with Crippen molar-refractivity contribution in [1.82, 2.24) is 0 Å². The van der Waals surface area contributed by atoms with Crippen LogP contribution in [0.1, 0.15) is 11.6 Å². The Hall–Kier alpha value is -1.26. The van der Waals surface area contributed by atoms with Crippen molar-refractivity contribution in [3.8, 4) is 11.5 Å². The van der Waals surface area contributed by atoms with Crippen LogP contribution >= 0.6 is 0 Å². The molecule has 4 nitrogen and oxygen atoms in total. The zero-order valence-electron chi connectivity index (χ0n) is 7.53. The van der Waals surface area contributed by atoms with Crippen LogP contribution in [0, 0.1) is 0 Å². The summed E-state index contributed by atoms with van der Waals surface area (Å²) in [7, 11) is 1.49. The van der Waals surface area contributed by atoms with Crippen LogP contribution in [0.5, 0.6) is 11.5 Å². The summed E-state index contributed by atoms with van der Waals surface area (Å²) in [5.74, 6) is 0.490. The summed E-state index contributed by atoms with van der Waals surface area (Å²) < 4.78 is 4.93. The molecule has 1 aromatic carbocycles. The average Bonchev–Trinajstić information content (AvgIpc) is 2.17. The first-order valence-corrected chi connectivity index (χ1v) is 4.02. The van der Waals surface area contributed by atoms with Gasteiger partial charge in [0.2, 0.25) is 0 Å². The predicted octanol–water partition coefficient (Wildman–Crippen LogP) is 0.359. The Bertz CT molecular complexity index is 289. The first-order chi connectivity index (χ1) is 6.20. The number of hydrogen-bond acceptors (Lipinski definition) is 4. The van der Waals surface area contributed by atoms with Crippen LogP contribution in [-0.2, 0) is 0 Å². The number of rotatable bonds is 3. The van der Waals surface area contributed by atoms with Crippen molar-refractivity contribution >= 4 is 0 Å². The molecule has 72 valence electrons. The van der Waals surface area contributed by atoms with E-state index in [0.29, 0.717) is 17.9 Å². The lowest BCUT2D eigenvalue weighted by Gasteiger charge is -2.13. The molecule has 0 aromatic heterocycles. The molecule has 0 radical (unpaired) electrons. The van der Waals surface area contributed by atoms with E-state index >= 15 is 0 Å². The maximum absolute atomic E-state index is 9.63. The molecule has 1 aromatic rings. The third-order valence-corrected chi connectivity index (χ3v) is 1.90. The summed E-state index contributed by atoms with van der Waals surface area (Å²) in [6, 6.07) is 4.82. The van der Waals surface area contributed by atoms with Gasteiger partial charge in [0.15, 0.2) is 11.5 Å². The molecule has 0 aliphatic rings. The molecule has 0 heterocycles. The van der Waals surface area contributed by atoms with E-state index in [9.17, 15) is 5.11 Å². The van der Waals surface area contributed by atoms with Crippen molar-refractivity contribution in [2.45, 2.75) is 6.04 Å². The highest BCUT2D eigenvalue weighted by Gasteiger charge is 2.12. The minimum atomic E-state index is -0.352. The van der Waals surface area contributed by atoms with Gasteiger partial charge < -0.3 is 21.3 Å². The molecule has 0 bridgehead atoms. The van der Waals surface area contributed by atoms with E-state index in [-0.39, 0.29) is 11.8 Å². The summed E-state index contributed by atoms with van der Waals surface area (Å²) in [4.78, 5) is 0. The van der Waals surface area contributed by atoms with Gasteiger partial charge in [0.05, 0.1) is 7.11 Å². The molecule has 0 aliphatic heterocycles. The Kier molecular flexibility index (Phi) is 3.11. The monoisotopic (exact) mass is 182 g/mol. The van der Waals surface area contributed by atoms with Crippen molar-refractivity contribution in [2.75, 3.05) is 13.7 Å². The summed E-state index contributed by atoms with van der Waals surface area (Å²) in [5, 5.41) is 9.63. The highest BCUT2D eigenvalue weighted by molar-refractivity contribution is 5.46. The van der Waals surface area contributed by atoms with Gasteiger partial charge >= 0.3 is 0 Å². The maximum Gasteiger partial charge on any atom is 0.162 e. The molecule has 13 heavy (non-hydrogen) atoms. The minimum Gasteiger partial charge on any atom is -0.504 e. The zero-order valence-corrected chi connectivity index (χ0v) is 7.53. The van der Waals surface area contributed by atoms with Crippen LogP contribution in [0.15, 0.2) is 18.2 Å². The number of para-hydroxylation sites is 1. The first kappa shape index (κ1) is 9.83. The molecule has 0 amide bonds. The maximum atomic E-state index is 9.63. The van der Waals surface area contributed by atoms with E-state index in [1.54, 1.807) is 18.2 Å². The molecule has 0 unspecified atom stereocenters. The van der Waals surface area contributed by atoms with Gasteiger partial charge in [-0.25, -0.2) is 0 Å². The second kappa shape index (κ2) is 4.11.